The molecule has 1 saturated heterocycles. The molecule has 6 heteroatoms. The topological polar surface area (TPSA) is 63.1 Å². The highest BCUT2D eigenvalue weighted by Gasteiger charge is 2.23. The van der Waals surface area contributed by atoms with Gasteiger partial charge in [0, 0.05) is 38.1 Å². The maximum atomic E-state index is 12.5. The molecular weight excluding hydrogens is 386 g/mol. The fourth-order valence-electron chi connectivity index (χ4n) is 4.31. The molecule has 3 heterocycles. The van der Waals surface area contributed by atoms with Crippen molar-refractivity contribution in [3.8, 4) is 0 Å². The van der Waals surface area contributed by atoms with Crippen LogP contribution >= 0.6 is 0 Å². The predicted molar refractivity (Wildman–Crippen MR) is 122 cm³/mol. The molecule has 2 aromatic heterocycles. The molecule has 31 heavy (non-hydrogen) atoms. The van der Waals surface area contributed by atoms with Gasteiger partial charge in [-0.3, -0.25) is 14.7 Å². The lowest BCUT2D eigenvalue weighted by Crippen LogP contribution is -2.35. The lowest BCUT2D eigenvalue weighted by molar-refractivity contribution is 0.102. The third-order valence-corrected chi connectivity index (χ3v) is 5.96. The van der Waals surface area contributed by atoms with Crippen LogP contribution in [0.4, 0.5) is 5.82 Å². The Morgan fingerprint density at radius 3 is 2.61 bits per heavy atom. The van der Waals surface area contributed by atoms with E-state index in [-0.39, 0.29) is 11.9 Å². The summed E-state index contributed by atoms with van der Waals surface area (Å²) in [6, 6.07) is 20.9. The number of aromatic nitrogens is 3. The van der Waals surface area contributed by atoms with Crippen LogP contribution in [0.3, 0.4) is 0 Å². The van der Waals surface area contributed by atoms with Crippen molar-refractivity contribution in [3.05, 3.63) is 90.4 Å². The highest BCUT2D eigenvalue weighted by atomic mass is 16.1. The number of likely N-dealkylation sites (tertiary alicyclic amines) is 1. The maximum Gasteiger partial charge on any atom is 0.258 e. The minimum absolute atomic E-state index is 0.163. The molecule has 0 aliphatic carbocycles. The van der Waals surface area contributed by atoms with Crippen molar-refractivity contribution in [1.29, 1.82) is 0 Å². The van der Waals surface area contributed by atoms with E-state index in [0.29, 0.717) is 5.56 Å². The SMILES string of the molecule is O=C(Nc1ccnn1C1CCN(Cc2ccc3ccccc3c2)CC1)c1cccnc1. The third kappa shape index (κ3) is 4.34. The second-order valence-electron chi connectivity index (χ2n) is 8.05. The van der Waals surface area contributed by atoms with E-state index in [1.54, 1.807) is 30.7 Å². The fourth-order valence-corrected chi connectivity index (χ4v) is 4.31. The first kappa shape index (κ1) is 19.5. The van der Waals surface area contributed by atoms with Crippen LogP contribution in [0.15, 0.2) is 79.3 Å². The Bertz CT molecular complexity index is 1180. The number of nitrogens with one attached hydrogen (secondary N) is 1. The van der Waals surface area contributed by atoms with Crippen LogP contribution in [0.2, 0.25) is 0 Å². The van der Waals surface area contributed by atoms with E-state index in [2.05, 4.69) is 62.8 Å². The molecule has 0 radical (unpaired) electrons. The summed E-state index contributed by atoms with van der Waals surface area (Å²) < 4.78 is 1.96. The van der Waals surface area contributed by atoms with Crippen molar-refractivity contribution < 1.29 is 4.79 Å². The Balaban J connectivity index is 1.21. The van der Waals surface area contributed by atoms with Crippen molar-refractivity contribution in [2.45, 2.75) is 25.4 Å². The number of hydrogen-bond donors (Lipinski definition) is 1. The van der Waals surface area contributed by atoms with E-state index < -0.39 is 0 Å². The van der Waals surface area contributed by atoms with Gasteiger partial charge in [0.15, 0.2) is 0 Å². The Morgan fingerprint density at radius 2 is 1.81 bits per heavy atom. The molecule has 0 atom stereocenters. The van der Waals surface area contributed by atoms with Crippen LogP contribution in [-0.4, -0.2) is 38.7 Å². The molecule has 0 saturated carbocycles. The average Bonchev–Trinajstić information content (AvgIpc) is 3.28. The van der Waals surface area contributed by atoms with E-state index in [9.17, 15) is 4.79 Å². The average molecular weight is 412 g/mol. The van der Waals surface area contributed by atoms with Gasteiger partial charge in [0.1, 0.15) is 5.82 Å². The molecule has 1 aliphatic heterocycles. The minimum Gasteiger partial charge on any atom is -0.307 e. The predicted octanol–water partition coefficient (Wildman–Crippen LogP) is 4.52. The first-order valence-electron chi connectivity index (χ1n) is 10.7. The van der Waals surface area contributed by atoms with Crippen LogP contribution in [0.5, 0.6) is 0 Å². The number of rotatable bonds is 5. The van der Waals surface area contributed by atoms with Gasteiger partial charge in [-0.05, 0) is 47.4 Å². The van der Waals surface area contributed by atoms with Crippen molar-refractivity contribution in [2.24, 2.45) is 0 Å². The quantitative estimate of drug-likeness (QED) is 0.524. The van der Waals surface area contributed by atoms with Gasteiger partial charge in [0.05, 0.1) is 17.8 Å². The van der Waals surface area contributed by atoms with Crippen LogP contribution in [0.25, 0.3) is 10.8 Å². The van der Waals surface area contributed by atoms with E-state index in [1.165, 1.54) is 16.3 Å². The molecule has 4 aromatic rings. The number of fused-ring (bicyclic) bond motifs is 1. The summed E-state index contributed by atoms with van der Waals surface area (Å²) >= 11 is 0. The van der Waals surface area contributed by atoms with Crippen LogP contribution in [0, 0.1) is 0 Å². The zero-order valence-electron chi connectivity index (χ0n) is 17.3. The van der Waals surface area contributed by atoms with Crippen molar-refractivity contribution >= 4 is 22.5 Å². The maximum absolute atomic E-state index is 12.5. The normalized spacial score (nSPS) is 15.2. The molecule has 0 spiro atoms. The molecule has 156 valence electrons. The number of anilines is 1. The summed E-state index contributed by atoms with van der Waals surface area (Å²) in [6.07, 6.45) is 6.99. The summed E-state index contributed by atoms with van der Waals surface area (Å²) in [6.45, 7) is 2.97. The van der Waals surface area contributed by atoms with E-state index in [1.807, 2.05) is 10.7 Å². The van der Waals surface area contributed by atoms with Gasteiger partial charge in [-0.25, -0.2) is 4.68 Å². The van der Waals surface area contributed by atoms with Gasteiger partial charge in [-0.1, -0.05) is 36.4 Å². The summed E-state index contributed by atoms with van der Waals surface area (Å²) in [5.41, 5.74) is 1.89. The molecule has 0 unspecified atom stereocenters. The summed E-state index contributed by atoms with van der Waals surface area (Å²) in [5, 5.41) is 10.1. The lowest BCUT2D eigenvalue weighted by Gasteiger charge is -2.32. The number of hydrogen-bond acceptors (Lipinski definition) is 4. The number of benzene rings is 2. The van der Waals surface area contributed by atoms with Crippen LogP contribution in [-0.2, 0) is 6.54 Å². The zero-order chi connectivity index (χ0) is 21.0. The number of carbonyl (C=O) groups excluding carboxylic acids is 1. The van der Waals surface area contributed by atoms with Crippen molar-refractivity contribution in [2.75, 3.05) is 18.4 Å². The number of amides is 1. The number of nitrogens with zero attached hydrogens (tertiary/aromatic N) is 4. The Morgan fingerprint density at radius 1 is 0.968 bits per heavy atom. The van der Waals surface area contributed by atoms with Gasteiger partial charge in [0.2, 0.25) is 0 Å². The van der Waals surface area contributed by atoms with Crippen molar-refractivity contribution in [3.63, 3.8) is 0 Å². The highest BCUT2D eigenvalue weighted by Crippen LogP contribution is 2.27. The second kappa shape index (κ2) is 8.70. The first-order chi connectivity index (χ1) is 15.3. The molecule has 5 rings (SSSR count). The molecule has 2 aromatic carbocycles. The molecule has 6 nitrogen and oxygen atoms in total. The van der Waals surface area contributed by atoms with E-state index >= 15 is 0 Å². The summed E-state index contributed by atoms with van der Waals surface area (Å²) in [4.78, 5) is 19.0. The molecule has 1 aliphatic rings. The van der Waals surface area contributed by atoms with Gasteiger partial charge in [-0.2, -0.15) is 5.10 Å². The first-order valence-corrected chi connectivity index (χ1v) is 10.7. The van der Waals surface area contributed by atoms with Gasteiger partial charge in [0.25, 0.3) is 5.91 Å². The van der Waals surface area contributed by atoms with E-state index in [0.717, 1.165) is 38.3 Å². The number of carbonyl (C=O) groups is 1. The smallest absolute Gasteiger partial charge is 0.258 e. The minimum atomic E-state index is -0.163. The third-order valence-electron chi connectivity index (χ3n) is 5.96. The largest absolute Gasteiger partial charge is 0.307 e. The fraction of sp³-hybridized carbons (Fsp3) is 0.240. The van der Waals surface area contributed by atoms with Gasteiger partial charge in [-0.15, -0.1) is 0 Å². The summed E-state index contributed by atoms with van der Waals surface area (Å²) in [7, 11) is 0. The molecule has 0 bridgehead atoms. The zero-order valence-corrected chi connectivity index (χ0v) is 17.3. The number of pyridine rings is 1. The van der Waals surface area contributed by atoms with Gasteiger partial charge < -0.3 is 5.32 Å². The van der Waals surface area contributed by atoms with Gasteiger partial charge >= 0.3 is 0 Å². The Hall–Kier alpha value is -3.51. The lowest BCUT2D eigenvalue weighted by atomic mass is 10.0. The molecule has 1 fully saturated rings. The Kier molecular flexibility index (Phi) is 5.46. The van der Waals surface area contributed by atoms with Crippen LogP contribution < -0.4 is 5.32 Å². The van der Waals surface area contributed by atoms with Crippen LogP contribution in [0.1, 0.15) is 34.8 Å². The van der Waals surface area contributed by atoms with Crippen molar-refractivity contribution in [1.82, 2.24) is 19.7 Å². The standard InChI is InChI=1S/C25H25N5O/c31-25(22-6-3-12-26-17-22)28-24-9-13-27-30(24)23-10-14-29(15-11-23)18-19-7-8-20-4-1-2-5-21(20)16-19/h1-9,12-13,16-17,23H,10-11,14-15,18H2,(H,28,31). The monoisotopic (exact) mass is 411 g/mol. The molecule has 1 amide bonds. The Labute approximate surface area is 181 Å². The number of piperidine rings is 1. The second-order valence-corrected chi connectivity index (χ2v) is 8.05. The highest BCUT2D eigenvalue weighted by molar-refractivity contribution is 6.03. The molecule has 1 N–H and O–H groups in total. The van der Waals surface area contributed by atoms with E-state index in [4.69, 9.17) is 0 Å². The summed E-state index contributed by atoms with van der Waals surface area (Å²) in [5.74, 6) is 0.574. The molecular formula is C25H25N5O.